The Morgan fingerprint density at radius 2 is 2.47 bits per heavy atom. The van der Waals surface area contributed by atoms with Crippen LogP contribution in [0.15, 0.2) is 10.9 Å². The highest BCUT2D eigenvalue weighted by Gasteiger charge is 2.10. The van der Waals surface area contributed by atoms with Crippen molar-refractivity contribution in [2.45, 2.75) is 32.9 Å². The molecular weight excluding hydrogens is 210 g/mol. The molecule has 1 aromatic rings. The monoisotopic (exact) mass is 227 g/mol. The van der Waals surface area contributed by atoms with Crippen molar-refractivity contribution in [3.8, 4) is 0 Å². The van der Waals surface area contributed by atoms with E-state index in [1.54, 1.807) is 16.8 Å². The molecule has 0 radical (unpaired) electrons. The summed E-state index contributed by atoms with van der Waals surface area (Å²) in [6.45, 7) is 5.27. The number of rotatable bonds is 6. The van der Waals surface area contributed by atoms with Crippen LogP contribution < -0.4 is 10.6 Å². The van der Waals surface area contributed by atoms with Crippen LogP contribution in [0, 0.1) is 0 Å². The van der Waals surface area contributed by atoms with Gasteiger partial charge in [0.05, 0.1) is 17.2 Å². The van der Waals surface area contributed by atoms with Crippen molar-refractivity contribution in [2.24, 2.45) is 0 Å². The Morgan fingerprint density at radius 1 is 1.67 bits per heavy atom. The smallest absolute Gasteiger partial charge is 0.236 e. The molecule has 0 aromatic carbocycles. The van der Waals surface area contributed by atoms with Crippen LogP contribution in [0.5, 0.6) is 0 Å². The summed E-state index contributed by atoms with van der Waals surface area (Å²) >= 11 is 1.56. The van der Waals surface area contributed by atoms with Crippen LogP contribution in [-0.2, 0) is 11.3 Å². The topological polar surface area (TPSA) is 54.0 Å². The number of hydrogen-bond acceptors (Lipinski definition) is 4. The average Bonchev–Trinajstić information content (AvgIpc) is 2.75. The number of aromatic nitrogens is 1. The van der Waals surface area contributed by atoms with Gasteiger partial charge in [0.1, 0.15) is 0 Å². The molecule has 1 aromatic heterocycles. The average molecular weight is 227 g/mol. The van der Waals surface area contributed by atoms with Gasteiger partial charge in [0, 0.05) is 18.5 Å². The van der Waals surface area contributed by atoms with Gasteiger partial charge in [-0.2, -0.15) is 0 Å². The molecule has 0 saturated heterocycles. The van der Waals surface area contributed by atoms with Crippen molar-refractivity contribution in [1.82, 2.24) is 15.6 Å². The van der Waals surface area contributed by atoms with Crippen LogP contribution in [0.25, 0.3) is 0 Å². The molecule has 0 bridgehead atoms. The summed E-state index contributed by atoms with van der Waals surface area (Å²) in [4.78, 5) is 15.6. The van der Waals surface area contributed by atoms with Crippen molar-refractivity contribution in [1.29, 1.82) is 0 Å². The summed E-state index contributed by atoms with van der Waals surface area (Å²) in [7, 11) is 0. The maximum Gasteiger partial charge on any atom is 0.236 e. The first kappa shape index (κ1) is 12.1. The maximum absolute atomic E-state index is 11.5. The van der Waals surface area contributed by atoms with Gasteiger partial charge in [-0.3, -0.25) is 4.79 Å². The van der Waals surface area contributed by atoms with Gasteiger partial charge in [-0.05, 0) is 13.3 Å². The van der Waals surface area contributed by atoms with Crippen LogP contribution in [0.2, 0.25) is 0 Å². The van der Waals surface area contributed by atoms with Crippen LogP contribution in [0.1, 0.15) is 26.0 Å². The molecule has 84 valence electrons. The van der Waals surface area contributed by atoms with Crippen LogP contribution >= 0.6 is 11.3 Å². The lowest BCUT2D eigenvalue weighted by atomic mass is 10.3. The van der Waals surface area contributed by atoms with E-state index < -0.39 is 0 Å². The second kappa shape index (κ2) is 6.53. The van der Waals surface area contributed by atoms with E-state index in [1.165, 1.54) is 0 Å². The minimum atomic E-state index is -0.168. The van der Waals surface area contributed by atoms with Gasteiger partial charge < -0.3 is 10.6 Å². The van der Waals surface area contributed by atoms with E-state index in [2.05, 4.69) is 15.6 Å². The Bertz CT molecular complexity index is 287. The lowest BCUT2D eigenvalue weighted by Crippen LogP contribution is -2.42. The first-order chi connectivity index (χ1) is 7.24. The molecule has 1 atom stereocenters. The number of nitrogens with zero attached hydrogens (tertiary/aromatic N) is 1. The zero-order chi connectivity index (χ0) is 11.1. The van der Waals surface area contributed by atoms with E-state index in [1.807, 2.05) is 19.2 Å². The molecular formula is C10H17N3OS. The summed E-state index contributed by atoms with van der Waals surface area (Å²) in [6.07, 6.45) is 0.963. The van der Waals surface area contributed by atoms with Gasteiger partial charge in [-0.15, -0.1) is 11.3 Å². The van der Waals surface area contributed by atoms with Crippen molar-refractivity contribution in [3.05, 3.63) is 16.6 Å². The molecule has 1 amide bonds. The zero-order valence-corrected chi connectivity index (χ0v) is 9.93. The van der Waals surface area contributed by atoms with Crippen LogP contribution in [0.4, 0.5) is 0 Å². The number of hydrogen-bond donors (Lipinski definition) is 2. The molecule has 5 heteroatoms. The van der Waals surface area contributed by atoms with Gasteiger partial charge in [0.15, 0.2) is 0 Å². The predicted molar refractivity (Wildman–Crippen MR) is 61.7 cm³/mol. The number of carbonyl (C=O) groups is 1. The summed E-state index contributed by atoms with van der Waals surface area (Å²) in [6, 6.07) is -0.168. The number of amides is 1. The van der Waals surface area contributed by atoms with Crippen LogP contribution in [-0.4, -0.2) is 23.5 Å². The summed E-state index contributed by atoms with van der Waals surface area (Å²) in [5.74, 6) is 0.0482. The number of thiazole rings is 1. The molecule has 0 aliphatic rings. The van der Waals surface area contributed by atoms with Gasteiger partial charge in [0.2, 0.25) is 5.91 Å². The highest BCUT2D eigenvalue weighted by molar-refractivity contribution is 7.07. The molecule has 15 heavy (non-hydrogen) atoms. The molecule has 0 aliphatic heterocycles. The molecule has 0 saturated carbocycles. The predicted octanol–water partition coefficient (Wildman–Crippen LogP) is 1.15. The highest BCUT2D eigenvalue weighted by atomic mass is 32.1. The maximum atomic E-state index is 11.5. The van der Waals surface area contributed by atoms with Crippen molar-refractivity contribution in [3.63, 3.8) is 0 Å². The summed E-state index contributed by atoms with van der Waals surface area (Å²) in [5.41, 5.74) is 2.77. The van der Waals surface area contributed by atoms with Crippen molar-refractivity contribution < 1.29 is 4.79 Å². The fourth-order valence-corrected chi connectivity index (χ4v) is 1.63. The third-order valence-electron chi connectivity index (χ3n) is 2.02. The molecule has 1 rings (SSSR count). The largest absolute Gasteiger partial charge is 0.355 e. The SMILES string of the molecule is CCCNC(=O)C(C)NCc1cscn1. The molecule has 1 unspecified atom stereocenters. The molecule has 0 fully saturated rings. The van der Waals surface area contributed by atoms with E-state index in [0.717, 1.165) is 18.7 Å². The Kier molecular flexibility index (Phi) is 5.28. The third-order valence-corrected chi connectivity index (χ3v) is 2.65. The second-order valence-corrected chi connectivity index (χ2v) is 4.09. The van der Waals surface area contributed by atoms with Crippen LogP contribution in [0.3, 0.4) is 0 Å². The minimum absolute atomic E-state index is 0.0482. The Balaban J connectivity index is 2.23. The molecule has 0 aliphatic carbocycles. The fraction of sp³-hybridized carbons (Fsp3) is 0.600. The highest BCUT2D eigenvalue weighted by Crippen LogP contribution is 2.00. The standard InChI is InChI=1S/C10H17N3OS/c1-3-4-11-10(14)8(2)12-5-9-6-15-7-13-9/h6-8,12H,3-5H2,1-2H3,(H,11,14). The first-order valence-electron chi connectivity index (χ1n) is 5.12. The fourth-order valence-electron chi connectivity index (χ4n) is 1.08. The number of carbonyl (C=O) groups excluding carboxylic acids is 1. The summed E-state index contributed by atoms with van der Waals surface area (Å²) < 4.78 is 0. The molecule has 2 N–H and O–H groups in total. The Morgan fingerprint density at radius 3 is 3.07 bits per heavy atom. The number of nitrogens with one attached hydrogen (secondary N) is 2. The van der Waals surface area contributed by atoms with Gasteiger partial charge in [-0.1, -0.05) is 6.92 Å². The lowest BCUT2D eigenvalue weighted by molar-refractivity contribution is -0.122. The van der Waals surface area contributed by atoms with Gasteiger partial charge in [0.25, 0.3) is 0 Å². The second-order valence-electron chi connectivity index (χ2n) is 3.37. The van der Waals surface area contributed by atoms with E-state index in [4.69, 9.17) is 0 Å². The zero-order valence-electron chi connectivity index (χ0n) is 9.12. The van der Waals surface area contributed by atoms with Crippen molar-refractivity contribution in [2.75, 3.05) is 6.54 Å². The first-order valence-corrected chi connectivity index (χ1v) is 6.06. The minimum Gasteiger partial charge on any atom is -0.355 e. The van der Waals surface area contributed by atoms with E-state index in [0.29, 0.717) is 6.54 Å². The quantitative estimate of drug-likeness (QED) is 0.766. The van der Waals surface area contributed by atoms with E-state index >= 15 is 0 Å². The van der Waals surface area contributed by atoms with Gasteiger partial charge in [-0.25, -0.2) is 4.98 Å². The molecule has 1 heterocycles. The van der Waals surface area contributed by atoms with E-state index in [9.17, 15) is 4.79 Å². The molecule has 0 spiro atoms. The summed E-state index contributed by atoms with van der Waals surface area (Å²) in [5, 5.41) is 7.94. The normalized spacial score (nSPS) is 12.4. The lowest BCUT2D eigenvalue weighted by Gasteiger charge is -2.12. The van der Waals surface area contributed by atoms with E-state index in [-0.39, 0.29) is 11.9 Å². The van der Waals surface area contributed by atoms with Crippen molar-refractivity contribution >= 4 is 17.2 Å². The third kappa shape index (κ3) is 4.40. The Labute approximate surface area is 94.1 Å². The Hall–Kier alpha value is -0.940. The van der Waals surface area contributed by atoms with Gasteiger partial charge >= 0.3 is 0 Å². The molecule has 4 nitrogen and oxygen atoms in total.